The molecule has 27 heavy (non-hydrogen) atoms. The molecular formula is C23H36O4. The van der Waals surface area contributed by atoms with Crippen molar-refractivity contribution in [3.8, 4) is 0 Å². The average molecular weight is 377 g/mol. The van der Waals surface area contributed by atoms with E-state index in [1.54, 1.807) is 6.92 Å². The van der Waals surface area contributed by atoms with Gasteiger partial charge in [-0.3, -0.25) is 4.79 Å². The van der Waals surface area contributed by atoms with Gasteiger partial charge in [-0.2, -0.15) is 0 Å². The zero-order valence-electron chi connectivity index (χ0n) is 17.2. The zero-order chi connectivity index (χ0) is 19.0. The lowest BCUT2D eigenvalue weighted by Gasteiger charge is -2.60. The molecule has 0 unspecified atom stereocenters. The predicted molar refractivity (Wildman–Crippen MR) is 102 cm³/mol. The van der Waals surface area contributed by atoms with Gasteiger partial charge in [-0.15, -0.1) is 0 Å². The van der Waals surface area contributed by atoms with Crippen molar-refractivity contribution in [2.24, 2.45) is 40.4 Å². The quantitative estimate of drug-likeness (QED) is 0.694. The van der Waals surface area contributed by atoms with Gasteiger partial charge >= 0.3 is 5.97 Å². The van der Waals surface area contributed by atoms with Crippen molar-refractivity contribution in [1.82, 2.24) is 0 Å². The molecule has 152 valence electrons. The number of hydrogen-bond acceptors (Lipinski definition) is 4. The molecule has 0 radical (unpaired) electrons. The minimum Gasteiger partial charge on any atom is -0.463 e. The minimum absolute atomic E-state index is 0.123. The first-order valence-corrected chi connectivity index (χ1v) is 11.3. The van der Waals surface area contributed by atoms with Crippen LogP contribution in [0.1, 0.15) is 78.6 Å². The van der Waals surface area contributed by atoms with Crippen LogP contribution in [-0.2, 0) is 14.3 Å². The largest absolute Gasteiger partial charge is 0.463 e. The van der Waals surface area contributed by atoms with E-state index in [1.807, 2.05) is 6.92 Å². The molecule has 4 aliphatic carbocycles. The van der Waals surface area contributed by atoms with E-state index in [9.17, 15) is 9.90 Å². The molecule has 1 aliphatic heterocycles. The molecule has 4 saturated carbocycles. The standard InChI is InChI=1S/C23H36O4/c1-14(24)27-16-8-10-21(2)15(12-16)4-5-17-18(21)9-11-23-13-26-22(3,25)20(23)7-6-19(17)23/h15-20,25H,4-13H2,1-3H3/t15-,16-,17+,18-,19-,20+,21-,22+,23+/m0/s1. The van der Waals surface area contributed by atoms with Gasteiger partial charge in [0, 0.05) is 18.3 Å². The van der Waals surface area contributed by atoms with Crippen LogP contribution >= 0.6 is 0 Å². The highest BCUT2D eigenvalue weighted by Crippen LogP contribution is 2.70. The molecule has 4 nitrogen and oxygen atoms in total. The monoisotopic (exact) mass is 376 g/mol. The second-order valence-electron chi connectivity index (χ2n) is 10.9. The highest BCUT2D eigenvalue weighted by atomic mass is 16.6. The number of aliphatic hydroxyl groups is 1. The molecule has 1 N–H and O–H groups in total. The molecule has 4 heteroatoms. The van der Waals surface area contributed by atoms with Gasteiger partial charge in [0.05, 0.1) is 6.61 Å². The molecule has 1 heterocycles. The zero-order valence-corrected chi connectivity index (χ0v) is 17.2. The second kappa shape index (κ2) is 5.95. The Kier molecular flexibility index (Phi) is 4.06. The molecule has 5 fully saturated rings. The van der Waals surface area contributed by atoms with E-state index in [4.69, 9.17) is 9.47 Å². The van der Waals surface area contributed by atoms with Gasteiger partial charge in [0.2, 0.25) is 0 Å². The molecule has 0 aromatic rings. The van der Waals surface area contributed by atoms with Crippen LogP contribution in [0.2, 0.25) is 0 Å². The van der Waals surface area contributed by atoms with Crippen LogP contribution in [-0.4, -0.2) is 29.6 Å². The van der Waals surface area contributed by atoms with E-state index in [0.29, 0.717) is 17.3 Å². The van der Waals surface area contributed by atoms with Crippen molar-refractivity contribution in [2.75, 3.05) is 6.61 Å². The van der Waals surface area contributed by atoms with Gasteiger partial charge in [-0.25, -0.2) is 0 Å². The Labute approximate surface area is 163 Å². The fourth-order valence-corrected chi connectivity index (χ4v) is 8.83. The van der Waals surface area contributed by atoms with Crippen LogP contribution in [0, 0.1) is 40.4 Å². The Bertz CT molecular complexity index is 630. The smallest absolute Gasteiger partial charge is 0.302 e. The lowest BCUT2D eigenvalue weighted by atomic mass is 9.44. The summed E-state index contributed by atoms with van der Waals surface area (Å²) in [7, 11) is 0. The van der Waals surface area contributed by atoms with Gasteiger partial charge in [0.1, 0.15) is 6.10 Å². The first-order valence-electron chi connectivity index (χ1n) is 11.3. The van der Waals surface area contributed by atoms with Crippen LogP contribution in [0.3, 0.4) is 0 Å². The third-order valence-electron chi connectivity index (χ3n) is 9.95. The molecule has 0 amide bonds. The van der Waals surface area contributed by atoms with Crippen molar-refractivity contribution >= 4 is 5.97 Å². The summed E-state index contributed by atoms with van der Waals surface area (Å²) < 4.78 is 11.5. The molecular weight excluding hydrogens is 340 g/mol. The number of ether oxygens (including phenoxy) is 2. The summed E-state index contributed by atoms with van der Waals surface area (Å²) in [6, 6.07) is 0. The van der Waals surface area contributed by atoms with E-state index >= 15 is 0 Å². The van der Waals surface area contributed by atoms with Crippen molar-refractivity contribution in [3.05, 3.63) is 0 Å². The topological polar surface area (TPSA) is 55.8 Å². The Morgan fingerprint density at radius 3 is 2.63 bits per heavy atom. The van der Waals surface area contributed by atoms with Gasteiger partial charge in [-0.05, 0) is 93.8 Å². The van der Waals surface area contributed by atoms with Crippen molar-refractivity contribution in [3.63, 3.8) is 0 Å². The third kappa shape index (κ3) is 2.51. The summed E-state index contributed by atoms with van der Waals surface area (Å²) in [6.07, 6.45) is 11.0. The first-order chi connectivity index (χ1) is 12.8. The summed E-state index contributed by atoms with van der Waals surface area (Å²) in [5.41, 5.74) is 0.643. The first kappa shape index (κ1) is 18.4. The van der Waals surface area contributed by atoms with E-state index < -0.39 is 5.79 Å². The summed E-state index contributed by atoms with van der Waals surface area (Å²) in [5.74, 6) is 2.33. The fraction of sp³-hybridized carbons (Fsp3) is 0.957. The van der Waals surface area contributed by atoms with Gasteiger partial charge in [0.25, 0.3) is 0 Å². The van der Waals surface area contributed by atoms with Crippen LogP contribution in [0.5, 0.6) is 0 Å². The van der Waals surface area contributed by atoms with Crippen LogP contribution in [0.4, 0.5) is 0 Å². The number of hydrogen-bond donors (Lipinski definition) is 1. The van der Waals surface area contributed by atoms with Crippen LogP contribution in [0.15, 0.2) is 0 Å². The fourth-order valence-electron chi connectivity index (χ4n) is 8.83. The van der Waals surface area contributed by atoms with Gasteiger partial charge in [0.15, 0.2) is 5.79 Å². The lowest BCUT2D eigenvalue weighted by Crippen LogP contribution is -2.55. The van der Waals surface area contributed by atoms with E-state index in [-0.39, 0.29) is 17.5 Å². The molecule has 1 spiro atoms. The summed E-state index contributed by atoms with van der Waals surface area (Å²) in [6.45, 7) is 6.76. The highest BCUT2D eigenvalue weighted by molar-refractivity contribution is 5.66. The Hall–Kier alpha value is -0.610. The second-order valence-corrected chi connectivity index (χ2v) is 10.9. The summed E-state index contributed by atoms with van der Waals surface area (Å²) >= 11 is 0. The Morgan fingerprint density at radius 2 is 1.85 bits per heavy atom. The number of carbonyl (C=O) groups is 1. The summed E-state index contributed by atoms with van der Waals surface area (Å²) in [5, 5.41) is 10.8. The SMILES string of the molecule is CC(=O)O[C@H]1CC[C@@]2(C)[C@@H](CC[C@@H]3[C@@H]2CC[C@]24CO[C@@](C)(O)[C@H]2CC[C@@H]34)C1. The Morgan fingerprint density at radius 1 is 1.04 bits per heavy atom. The predicted octanol–water partition coefficient (Wildman–Crippen LogP) is 4.30. The molecule has 0 aromatic heterocycles. The molecule has 5 aliphatic rings. The molecule has 0 bridgehead atoms. The maximum Gasteiger partial charge on any atom is 0.302 e. The van der Waals surface area contributed by atoms with Gasteiger partial charge < -0.3 is 14.6 Å². The number of rotatable bonds is 1. The van der Waals surface area contributed by atoms with Crippen LogP contribution in [0.25, 0.3) is 0 Å². The average Bonchev–Trinajstić information content (AvgIpc) is 3.11. The minimum atomic E-state index is -0.912. The highest BCUT2D eigenvalue weighted by Gasteiger charge is 2.67. The normalized spacial score (nSPS) is 56.6. The number of esters is 1. The van der Waals surface area contributed by atoms with E-state index in [0.717, 1.165) is 43.6 Å². The van der Waals surface area contributed by atoms with Crippen molar-refractivity contribution in [1.29, 1.82) is 0 Å². The van der Waals surface area contributed by atoms with Crippen molar-refractivity contribution in [2.45, 2.75) is 90.4 Å². The maximum absolute atomic E-state index is 11.4. The molecule has 5 rings (SSSR count). The van der Waals surface area contributed by atoms with Crippen LogP contribution < -0.4 is 0 Å². The number of carbonyl (C=O) groups excluding carboxylic acids is 1. The van der Waals surface area contributed by atoms with Gasteiger partial charge in [-0.1, -0.05) is 6.92 Å². The molecule has 0 aromatic carbocycles. The van der Waals surface area contributed by atoms with E-state index in [1.165, 1.54) is 38.5 Å². The summed E-state index contributed by atoms with van der Waals surface area (Å²) in [4.78, 5) is 11.4. The number of fused-ring (bicyclic) bond motifs is 4. The molecule has 9 atom stereocenters. The Balaban J connectivity index is 1.38. The maximum atomic E-state index is 11.4. The van der Waals surface area contributed by atoms with E-state index in [2.05, 4.69) is 6.92 Å². The lowest BCUT2D eigenvalue weighted by molar-refractivity contribution is -0.180. The molecule has 1 saturated heterocycles. The van der Waals surface area contributed by atoms with Crippen molar-refractivity contribution < 1.29 is 19.4 Å². The third-order valence-corrected chi connectivity index (χ3v) is 9.95.